The van der Waals surface area contributed by atoms with Crippen LogP contribution in [0.4, 0.5) is 4.39 Å². The van der Waals surface area contributed by atoms with E-state index in [1.165, 1.54) is 12.1 Å². The molecule has 1 unspecified atom stereocenters. The highest BCUT2D eigenvalue weighted by molar-refractivity contribution is 9.10. The highest BCUT2D eigenvalue weighted by Crippen LogP contribution is 2.25. The van der Waals surface area contributed by atoms with E-state index in [0.717, 1.165) is 21.4 Å². The SMILES string of the molecule is Cc1nn(C)c(CC(NN)c2cccc(F)c2)c1Br. The van der Waals surface area contributed by atoms with Gasteiger partial charge in [0, 0.05) is 13.5 Å². The van der Waals surface area contributed by atoms with Crippen LogP contribution in [0, 0.1) is 12.7 Å². The topological polar surface area (TPSA) is 55.9 Å². The third kappa shape index (κ3) is 3.02. The van der Waals surface area contributed by atoms with E-state index >= 15 is 0 Å². The Kier molecular flexibility index (Phi) is 4.34. The van der Waals surface area contributed by atoms with Crippen LogP contribution in [0.2, 0.25) is 0 Å². The lowest BCUT2D eigenvalue weighted by Crippen LogP contribution is -2.30. The van der Waals surface area contributed by atoms with Crippen molar-refractivity contribution >= 4 is 15.9 Å². The highest BCUT2D eigenvalue weighted by atomic mass is 79.9. The maximum Gasteiger partial charge on any atom is 0.123 e. The Hall–Kier alpha value is -1.24. The van der Waals surface area contributed by atoms with Gasteiger partial charge in [0.25, 0.3) is 0 Å². The van der Waals surface area contributed by atoms with Gasteiger partial charge in [-0.1, -0.05) is 12.1 Å². The molecule has 1 aromatic heterocycles. The molecule has 2 aromatic rings. The van der Waals surface area contributed by atoms with Crippen molar-refractivity contribution in [2.75, 3.05) is 0 Å². The summed E-state index contributed by atoms with van der Waals surface area (Å²) in [6, 6.07) is 6.27. The van der Waals surface area contributed by atoms with Crippen LogP contribution < -0.4 is 11.3 Å². The smallest absolute Gasteiger partial charge is 0.123 e. The minimum atomic E-state index is -0.266. The van der Waals surface area contributed by atoms with Crippen molar-refractivity contribution in [3.8, 4) is 0 Å². The van der Waals surface area contributed by atoms with Gasteiger partial charge in [0.1, 0.15) is 5.82 Å². The number of halogens is 2. The molecule has 0 spiro atoms. The second-order valence-electron chi connectivity index (χ2n) is 4.45. The molecule has 2 rings (SSSR count). The van der Waals surface area contributed by atoms with Gasteiger partial charge in [0.2, 0.25) is 0 Å². The van der Waals surface area contributed by atoms with Gasteiger partial charge in [-0.3, -0.25) is 16.0 Å². The van der Waals surface area contributed by atoms with Gasteiger partial charge in [0.05, 0.1) is 21.9 Å². The van der Waals surface area contributed by atoms with Crippen LogP contribution in [0.1, 0.15) is 23.0 Å². The minimum absolute atomic E-state index is 0.165. The van der Waals surface area contributed by atoms with Crippen LogP contribution in [0.15, 0.2) is 28.7 Å². The lowest BCUT2D eigenvalue weighted by molar-refractivity contribution is 0.524. The Balaban J connectivity index is 2.29. The summed E-state index contributed by atoms with van der Waals surface area (Å²) in [5.41, 5.74) is 5.48. The van der Waals surface area contributed by atoms with E-state index in [2.05, 4.69) is 26.5 Å². The Labute approximate surface area is 119 Å². The Morgan fingerprint density at radius 2 is 2.26 bits per heavy atom. The van der Waals surface area contributed by atoms with E-state index < -0.39 is 0 Å². The minimum Gasteiger partial charge on any atom is -0.271 e. The van der Waals surface area contributed by atoms with Gasteiger partial charge in [-0.05, 0) is 40.5 Å². The Morgan fingerprint density at radius 3 is 2.79 bits per heavy atom. The van der Waals surface area contributed by atoms with Gasteiger partial charge < -0.3 is 0 Å². The fourth-order valence-electron chi connectivity index (χ4n) is 2.09. The molecule has 0 aliphatic rings. The van der Waals surface area contributed by atoms with E-state index in [4.69, 9.17) is 5.84 Å². The van der Waals surface area contributed by atoms with E-state index in [1.807, 2.05) is 24.7 Å². The van der Waals surface area contributed by atoms with Crippen LogP contribution in [-0.2, 0) is 13.5 Å². The van der Waals surface area contributed by atoms with Gasteiger partial charge in [-0.15, -0.1) is 0 Å². The Morgan fingerprint density at radius 1 is 1.53 bits per heavy atom. The largest absolute Gasteiger partial charge is 0.271 e. The van der Waals surface area contributed by atoms with Crippen molar-refractivity contribution in [2.24, 2.45) is 12.9 Å². The average Bonchev–Trinajstić information content (AvgIpc) is 2.61. The predicted octanol–water partition coefficient (Wildman–Crippen LogP) is 2.38. The summed E-state index contributed by atoms with van der Waals surface area (Å²) in [7, 11) is 1.88. The number of nitrogens with two attached hydrogens (primary N) is 1. The number of hydrogen-bond acceptors (Lipinski definition) is 3. The quantitative estimate of drug-likeness (QED) is 0.670. The molecule has 3 N–H and O–H groups in total. The molecule has 0 aliphatic heterocycles. The summed E-state index contributed by atoms with van der Waals surface area (Å²) < 4.78 is 16.0. The number of benzene rings is 1. The standard InChI is InChI=1S/C13H16BrFN4/c1-8-13(14)12(19(2)18-8)7-11(17-16)9-4-3-5-10(15)6-9/h3-6,11,17H,7,16H2,1-2H3. The zero-order chi connectivity index (χ0) is 14.0. The zero-order valence-corrected chi connectivity index (χ0v) is 12.4. The summed E-state index contributed by atoms with van der Waals surface area (Å²) in [5.74, 6) is 5.33. The molecular weight excluding hydrogens is 311 g/mol. The van der Waals surface area contributed by atoms with Crippen molar-refractivity contribution in [1.82, 2.24) is 15.2 Å². The van der Waals surface area contributed by atoms with Crippen LogP contribution in [0.3, 0.4) is 0 Å². The summed E-state index contributed by atoms with van der Waals surface area (Å²) >= 11 is 3.52. The first-order valence-electron chi connectivity index (χ1n) is 5.92. The lowest BCUT2D eigenvalue weighted by atomic mass is 10.0. The van der Waals surface area contributed by atoms with E-state index in [-0.39, 0.29) is 11.9 Å². The maximum absolute atomic E-state index is 13.3. The molecule has 4 nitrogen and oxygen atoms in total. The molecule has 0 fully saturated rings. The third-order valence-electron chi connectivity index (χ3n) is 3.11. The molecule has 0 aliphatic carbocycles. The summed E-state index contributed by atoms with van der Waals surface area (Å²) in [4.78, 5) is 0. The third-order valence-corrected chi connectivity index (χ3v) is 4.14. The van der Waals surface area contributed by atoms with Crippen LogP contribution in [-0.4, -0.2) is 9.78 Å². The van der Waals surface area contributed by atoms with Crippen molar-refractivity contribution in [3.63, 3.8) is 0 Å². The molecule has 0 saturated heterocycles. The molecule has 19 heavy (non-hydrogen) atoms. The number of hydrazine groups is 1. The predicted molar refractivity (Wildman–Crippen MR) is 75.8 cm³/mol. The van der Waals surface area contributed by atoms with E-state index in [9.17, 15) is 4.39 Å². The molecule has 6 heteroatoms. The first-order chi connectivity index (χ1) is 9.02. The molecule has 102 valence electrons. The molecule has 0 bridgehead atoms. The molecule has 1 atom stereocenters. The van der Waals surface area contributed by atoms with Crippen LogP contribution >= 0.6 is 15.9 Å². The fraction of sp³-hybridized carbons (Fsp3) is 0.308. The van der Waals surface area contributed by atoms with Crippen molar-refractivity contribution in [2.45, 2.75) is 19.4 Å². The van der Waals surface area contributed by atoms with Crippen molar-refractivity contribution in [1.29, 1.82) is 0 Å². The molecule has 1 heterocycles. The number of aromatic nitrogens is 2. The second-order valence-corrected chi connectivity index (χ2v) is 5.24. The van der Waals surface area contributed by atoms with Crippen LogP contribution in [0.5, 0.6) is 0 Å². The van der Waals surface area contributed by atoms with E-state index in [0.29, 0.717) is 6.42 Å². The number of nitrogens with one attached hydrogen (secondary N) is 1. The summed E-state index contributed by atoms with van der Waals surface area (Å²) in [6.45, 7) is 1.93. The van der Waals surface area contributed by atoms with Crippen molar-refractivity contribution < 1.29 is 4.39 Å². The molecule has 0 saturated carbocycles. The number of hydrogen-bond donors (Lipinski definition) is 2. The lowest BCUT2D eigenvalue weighted by Gasteiger charge is -2.17. The number of aryl methyl sites for hydroxylation is 2. The maximum atomic E-state index is 13.3. The highest BCUT2D eigenvalue weighted by Gasteiger charge is 2.17. The molecule has 0 radical (unpaired) electrons. The average molecular weight is 327 g/mol. The first kappa shape index (κ1) is 14.2. The monoisotopic (exact) mass is 326 g/mol. The van der Waals surface area contributed by atoms with Gasteiger partial charge in [-0.25, -0.2) is 4.39 Å². The Bertz CT molecular complexity index is 582. The second kappa shape index (κ2) is 5.81. The normalized spacial score (nSPS) is 12.7. The van der Waals surface area contributed by atoms with Gasteiger partial charge in [-0.2, -0.15) is 5.10 Å². The number of rotatable bonds is 4. The molecular formula is C13H16BrFN4. The summed E-state index contributed by atoms with van der Waals surface area (Å²) in [6.07, 6.45) is 0.623. The fourth-order valence-corrected chi connectivity index (χ4v) is 2.59. The van der Waals surface area contributed by atoms with Gasteiger partial charge >= 0.3 is 0 Å². The van der Waals surface area contributed by atoms with Gasteiger partial charge in [0.15, 0.2) is 0 Å². The first-order valence-corrected chi connectivity index (χ1v) is 6.71. The van der Waals surface area contributed by atoms with E-state index in [1.54, 1.807) is 6.07 Å². The van der Waals surface area contributed by atoms with Crippen molar-refractivity contribution in [3.05, 3.63) is 51.5 Å². The van der Waals surface area contributed by atoms with Crippen LogP contribution in [0.25, 0.3) is 0 Å². The number of nitrogens with zero attached hydrogens (tertiary/aromatic N) is 2. The zero-order valence-electron chi connectivity index (χ0n) is 10.8. The summed E-state index contributed by atoms with van der Waals surface area (Å²) in [5, 5.41) is 4.34. The molecule has 0 amide bonds. The molecule has 1 aromatic carbocycles.